The van der Waals surface area contributed by atoms with Crippen LogP contribution in [0.1, 0.15) is 32.1 Å². The first kappa shape index (κ1) is 16.2. The standard InChI is InChI=1S/C18H24N2O3S/c21-17(10-22-14-4-1-2-5-14)20-12-18(13-20)8-16(11-24-18)23-15-6-3-7-19-9-15/h3,6-7,9,14,16H,1-2,4-5,8,10-13H2/t16-/m1/s1. The number of pyridine rings is 1. The van der Waals surface area contributed by atoms with Gasteiger partial charge < -0.3 is 14.4 Å². The number of ether oxygens (including phenoxy) is 2. The molecule has 1 aromatic rings. The monoisotopic (exact) mass is 348 g/mol. The Labute approximate surface area is 147 Å². The molecule has 1 saturated carbocycles. The van der Waals surface area contributed by atoms with Gasteiger partial charge in [0.2, 0.25) is 5.91 Å². The second kappa shape index (κ2) is 6.92. The number of likely N-dealkylation sites (tertiary alicyclic amines) is 1. The summed E-state index contributed by atoms with van der Waals surface area (Å²) in [5, 5.41) is 0. The Morgan fingerprint density at radius 1 is 1.33 bits per heavy atom. The minimum atomic E-state index is 0.143. The molecule has 1 aliphatic carbocycles. The third kappa shape index (κ3) is 3.54. The van der Waals surface area contributed by atoms with E-state index in [0.29, 0.717) is 6.10 Å². The van der Waals surface area contributed by atoms with Gasteiger partial charge in [0, 0.05) is 31.5 Å². The average Bonchev–Trinajstić information content (AvgIpc) is 3.22. The van der Waals surface area contributed by atoms with Crippen molar-refractivity contribution in [3.8, 4) is 5.75 Å². The number of hydrogen-bond acceptors (Lipinski definition) is 5. The van der Waals surface area contributed by atoms with Crippen LogP contribution in [0, 0.1) is 0 Å². The van der Waals surface area contributed by atoms with E-state index in [4.69, 9.17) is 9.47 Å². The lowest BCUT2D eigenvalue weighted by Crippen LogP contribution is -2.61. The van der Waals surface area contributed by atoms with Crippen LogP contribution in [0.5, 0.6) is 5.75 Å². The van der Waals surface area contributed by atoms with Gasteiger partial charge in [-0.2, -0.15) is 0 Å². The first-order valence-electron chi connectivity index (χ1n) is 8.82. The molecule has 5 nitrogen and oxygen atoms in total. The van der Waals surface area contributed by atoms with E-state index in [1.165, 1.54) is 12.8 Å². The van der Waals surface area contributed by atoms with E-state index in [9.17, 15) is 4.79 Å². The maximum Gasteiger partial charge on any atom is 0.248 e. The summed E-state index contributed by atoms with van der Waals surface area (Å²) < 4.78 is 11.9. The SMILES string of the molecule is O=C(COC1CCCC1)N1CC2(C[C@@H](Oc3cccnc3)CS2)C1. The van der Waals surface area contributed by atoms with Gasteiger partial charge in [0.15, 0.2) is 0 Å². The van der Waals surface area contributed by atoms with Crippen molar-refractivity contribution in [3.63, 3.8) is 0 Å². The van der Waals surface area contributed by atoms with Crippen LogP contribution in [0.3, 0.4) is 0 Å². The fraction of sp³-hybridized carbons (Fsp3) is 0.667. The molecule has 3 aliphatic rings. The van der Waals surface area contributed by atoms with E-state index in [1.807, 2.05) is 28.8 Å². The topological polar surface area (TPSA) is 51.7 Å². The molecule has 0 bridgehead atoms. The molecule has 3 heterocycles. The van der Waals surface area contributed by atoms with Gasteiger partial charge in [-0.15, -0.1) is 11.8 Å². The summed E-state index contributed by atoms with van der Waals surface area (Å²) in [6.07, 6.45) is 9.73. The number of carbonyl (C=O) groups is 1. The highest BCUT2D eigenvalue weighted by Gasteiger charge is 2.51. The zero-order valence-corrected chi connectivity index (χ0v) is 14.7. The summed E-state index contributed by atoms with van der Waals surface area (Å²) >= 11 is 1.94. The Morgan fingerprint density at radius 2 is 2.17 bits per heavy atom. The minimum absolute atomic E-state index is 0.143. The van der Waals surface area contributed by atoms with Crippen molar-refractivity contribution < 1.29 is 14.3 Å². The fourth-order valence-electron chi connectivity index (χ4n) is 3.87. The van der Waals surface area contributed by atoms with Gasteiger partial charge >= 0.3 is 0 Å². The molecule has 4 rings (SSSR count). The van der Waals surface area contributed by atoms with Gasteiger partial charge in [0.1, 0.15) is 18.5 Å². The molecule has 6 heteroatoms. The van der Waals surface area contributed by atoms with Crippen molar-refractivity contribution >= 4 is 17.7 Å². The highest BCUT2D eigenvalue weighted by atomic mass is 32.2. The lowest BCUT2D eigenvalue weighted by molar-refractivity contribution is -0.143. The molecule has 1 atom stereocenters. The highest BCUT2D eigenvalue weighted by Crippen LogP contribution is 2.46. The van der Waals surface area contributed by atoms with Crippen LogP contribution in [0.4, 0.5) is 0 Å². The second-order valence-electron chi connectivity index (χ2n) is 7.09. The zero-order valence-electron chi connectivity index (χ0n) is 13.9. The van der Waals surface area contributed by atoms with Crippen LogP contribution in [0.25, 0.3) is 0 Å². The first-order valence-corrected chi connectivity index (χ1v) is 9.81. The van der Waals surface area contributed by atoms with Crippen molar-refractivity contribution in [2.45, 2.75) is 49.1 Å². The molecular formula is C18H24N2O3S. The molecule has 1 amide bonds. The number of hydrogen-bond donors (Lipinski definition) is 0. The number of amides is 1. The van der Waals surface area contributed by atoms with Gasteiger partial charge in [-0.1, -0.05) is 12.8 Å². The van der Waals surface area contributed by atoms with Crippen molar-refractivity contribution in [2.75, 3.05) is 25.4 Å². The molecule has 130 valence electrons. The third-order valence-corrected chi connectivity index (χ3v) is 6.74. The smallest absolute Gasteiger partial charge is 0.248 e. The summed E-state index contributed by atoms with van der Waals surface area (Å²) in [5.74, 6) is 1.96. The van der Waals surface area contributed by atoms with Crippen molar-refractivity contribution in [3.05, 3.63) is 24.5 Å². The Bertz CT molecular complexity index is 571. The zero-order chi connectivity index (χ0) is 16.4. The second-order valence-corrected chi connectivity index (χ2v) is 8.58. The Morgan fingerprint density at radius 3 is 2.92 bits per heavy atom. The molecule has 24 heavy (non-hydrogen) atoms. The number of aromatic nitrogens is 1. The number of nitrogens with zero attached hydrogens (tertiary/aromatic N) is 2. The summed E-state index contributed by atoms with van der Waals surface area (Å²) in [4.78, 5) is 18.3. The lowest BCUT2D eigenvalue weighted by atomic mass is 9.93. The first-order chi connectivity index (χ1) is 11.7. The van der Waals surface area contributed by atoms with Gasteiger partial charge in [-0.3, -0.25) is 9.78 Å². The molecule has 1 aromatic heterocycles. The molecule has 0 N–H and O–H groups in total. The number of carbonyl (C=O) groups excluding carboxylic acids is 1. The average molecular weight is 348 g/mol. The van der Waals surface area contributed by atoms with Crippen LogP contribution in [0.2, 0.25) is 0 Å². The Balaban J connectivity index is 1.21. The van der Waals surface area contributed by atoms with Crippen LogP contribution >= 0.6 is 11.8 Å². The molecule has 2 saturated heterocycles. The van der Waals surface area contributed by atoms with Crippen LogP contribution < -0.4 is 4.74 Å². The van der Waals surface area contributed by atoms with E-state index in [1.54, 1.807) is 12.4 Å². The number of rotatable bonds is 5. The normalized spacial score (nSPS) is 25.8. The lowest BCUT2D eigenvalue weighted by Gasteiger charge is -2.47. The quantitative estimate of drug-likeness (QED) is 0.818. The molecular weight excluding hydrogens is 324 g/mol. The predicted molar refractivity (Wildman–Crippen MR) is 93.2 cm³/mol. The maximum atomic E-state index is 12.2. The largest absolute Gasteiger partial charge is 0.488 e. The van der Waals surface area contributed by atoms with Gasteiger partial charge in [-0.05, 0) is 25.0 Å². The van der Waals surface area contributed by atoms with E-state index in [0.717, 1.165) is 43.9 Å². The summed E-state index contributed by atoms with van der Waals surface area (Å²) in [7, 11) is 0. The van der Waals surface area contributed by atoms with E-state index in [2.05, 4.69) is 4.98 Å². The number of thioether (sulfide) groups is 1. The van der Waals surface area contributed by atoms with Crippen molar-refractivity contribution in [1.29, 1.82) is 0 Å². The van der Waals surface area contributed by atoms with Crippen molar-refractivity contribution in [1.82, 2.24) is 9.88 Å². The molecule has 2 aliphatic heterocycles. The van der Waals surface area contributed by atoms with E-state index in [-0.39, 0.29) is 23.4 Å². The Kier molecular flexibility index (Phi) is 4.68. The minimum Gasteiger partial charge on any atom is -0.488 e. The predicted octanol–water partition coefficient (Wildman–Crippen LogP) is 2.51. The maximum absolute atomic E-state index is 12.2. The van der Waals surface area contributed by atoms with Crippen molar-refractivity contribution in [2.24, 2.45) is 0 Å². The van der Waals surface area contributed by atoms with E-state index >= 15 is 0 Å². The fourth-order valence-corrected chi connectivity index (χ4v) is 5.39. The molecule has 3 fully saturated rings. The van der Waals surface area contributed by atoms with Crippen LogP contribution in [-0.2, 0) is 9.53 Å². The van der Waals surface area contributed by atoms with Gasteiger partial charge in [0.05, 0.1) is 17.0 Å². The van der Waals surface area contributed by atoms with E-state index < -0.39 is 0 Å². The highest BCUT2D eigenvalue weighted by molar-refractivity contribution is 8.01. The molecule has 0 unspecified atom stereocenters. The molecule has 0 aromatic carbocycles. The summed E-state index contributed by atoms with van der Waals surface area (Å²) in [6.45, 7) is 1.91. The summed E-state index contributed by atoms with van der Waals surface area (Å²) in [5.41, 5.74) is 0. The third-order valence-electron chi connectivity index (χ3n) is 5.17. The van der Waals surface area contributed by atoms with Gasteiger partial charge in [-0.25, -0.2) is 0 Å². The van der Waals surface area contributed by atoms with Gasteiger partial charge in [0.25, 0.3) is 0 Å². The Hall–Kier alpha value is -1.27. The van der Waals surface area contributed by atoms with Crippen LogP contribution in [-0.4, -0.2) is 58.2 Å². The molecule has 1 spiro atoms. The van der Waals surface area contributed by atoms with Crippen LogP contribution in [0.15, 0.2) is 24.5 Å². The molecule has 0 radical (unpaired) electrons. The summed E-state index contributed by atoms with van der Waals surface area (Å²) in [6, 6.07) is 3.83.